The van der Waals surface area contributed by atoms with E-state index in [0.29, 0.717) is 30.5 Å². The van der Waals surface area contributed by atoms with Crippen LogP contribution in [0.2, 0.25) is 0 Å². The molecule has 3 rings (SSSR count). The van der Waals surface area contributed by atoms with Gasteiger partial charge in [0, 0.05) is 25.6 Å². The second kappa shape index (κ2) is 8.21. The molecular formula is C19H22ClF3N2. The van der Waals surface area contributed by atoms with E-state index in [4.69, 9.17) is 5.73 Å². The fourth-order valence-electron chi connectivity index (χ4n) is 3.51. The van der Waals surface area contributed by atoms with Crippen molar-refractivity contribution in [3.63, 3.8) is 0 Å². The van der Waals surface area contributed by atoms with Gasteiger partial charge in [-0.1, -0.05) is 48.5 Å². The lowest BCUT2D eigenvalue weighted by Gasteiger charge is -2.17. The van der Waals surface area contributed by atoms with E-state index < -0.39 is 11.7 Å². The molecule has 0 saturated carbocycles. The van der Waals surface area contributed by atoms with Gasteiger partial charge in [0.1, 0.15) is 0 Å². The van der Waals surface area contributed by atoms with Gasteiger partial charge in [0.2, 0.25) is 0 Å². The Hall–Kier alpha value is -1.56. The van der Waals surface area contributed by atoms with Crippen molar-refractivity contribution in [1.29, 1.82) is 0 Å². The number of rotatable bonds is 4. The van der Waals surface area contributed by atoms with Gasteiger partial charge in [-0.2, -0.15) is 13.2 Å². The predicted molar refractivity (Wildman–Crippen MR) is 95.7 cm³/mol. The van der Waals surface area contributed by atoms with Crippen molar-refractivity contribution in [3.8, 4) is 0 Å². The number of nitrogens with zero attached hydrogens (tertiary/aromatic N) is 1. The molecule has 0 spiro atoms. The van der Waals surface area contributed by atoms with Crippen LogP contribution in [0, 0.1) is 5.92 Å². The molecule has 2 aromatic rings. The minimum absolute atomic E-state index is 0. The largest absolute Gasteiger partial charge is 0.416 e. The summed E-state index contributed by atoms with van der Waals surface area (Å²) >= 11 is 0. The molecule has 0 unspecified atom stereocenters. The fraction of sp³-hybridized carbons (Fsp3) is 0.368. The second-order valence-corrected chi connectivity index (χ2v) is 6.41. The van der Waals surface area contributed by atoms with Crippen molar-refractivity contribution in [2.24, 2.45) is 11.7 Å². The standard InChI is InChI=1S/C19H21F3N2.ClH/c20-19(21,22)17-8-4-5-14(9-17)11-24-12-16(10-23)18(13-24)15-6-2-1-3-7-15;/h1-9,16,18H,10-13,23H2;1H/t16-,18+;/m1./s1. The van der Waals surface area contributed by atoms with Crippen molar-refractivity contribution in [1.82, 2.24) is 4.90 Å². The number of benzene rings is 2. The van der Waals surface area contributed by atoms with E-state index in [2.05, 4.69) is 17.0 Å². The number of hydrogen-bond donors (Lipinski definition) is 1. The highest BCUT2D eigenvalue weighted by Crippen LogP contribution is 2.34. The Kier molecular flexibility index (Phi) is 6.49. The van der Waals surface area contributed by atoms with Crippen LogP contribution in [0.5, 0.6) is 0 Å². The third-order valence-electron chi connectivity index (χ3n) is 4.71. The van der Waals surface area contributed by atoms with Crippen LogP contribution in [0.3, 0.4) is 0 Å². The predicted octanol–water partition coefficient (Wildman–Crippen LogP) is 4.30. The van der Waals surface area contributed by atoms with Gasteiger partial charge < -0.3 is 5.73 Å². The Morgan fingerprint density at radius 3 is 2.36 bits per heavy atom. The highest BCUT2D eigenvalue weighted by molar-refractivity contribution is 5.85. The van der Waals surface area contributed by atoms with Crippen LogP contribution in [0.15, 0.2) is 54.6 Å². The molecule has 2 nitrogen and oxygen atoms in total. The lowest BCUT2D eigenvalue weighted by atomic mass is 9.89. The Balaban J connectivity index is 0.00000225. The smallest absolute Gasteiger partial charge is 0.330 e. The molecule has 1 aliphatic rings. The molecule has 2 aromatic carbocycles. The molecule has 1 aliphatic heterocycles. The summed E-state index contributed by atoms with van der Waals surface area (Å²) in [4.78, 5) is 2.20. The van der Waals surface area contributed by atoms with Gasteiger partial charge in [-0.15, -0.1) is 12.4 Å². The molecule has 136 valence electrons. The number of likely N-dealkylation sites (tertiary alicyclic amines) is 1. The Morgan fingerprint density at radius 2 is 1.72 bits per heavy atom. The summed E-state index contributed by atoms with van der Waals surface area (Å²) in [5, 5.41) is 0. The summed E-state index contributed by atoms with van der Waals surface area (Å²) in [6, 6.07) is 15.8. The van der Waals surface area contributed by atoms with Crippen LogP contribution in [-0.2, 0) is 12.7 Å². The van der Waals surface area contributed by atoms with Crippen molar-refractivity contribution >= 4 is 12.4 Å². The molecule has 0 bridgehead atoms. The third-order valence-corrected chi connectivity index (χ3v) is 4.71. The van der Waals surface area contributed by atoms with Gasteiger partial charge in [-0.25, -0.2) is 0 Å². The van der Waals surface area contributed by atoms with Crippen LogP contribution in [-0.4, -0.2) is 24.5 Å². The first-order valence-electron chi connectivity index (χ1n) is 8.11. The van der Waals surface area contributed by atoms with Crippen LogP contribution in [0.1, 0.15) is 22.6 Å². The van der Waals surface area contributed by atoms with E-state index in [-0.39, 0.29) is 12.4 Å². The van der Waals surface area contributed by atoms with Crippen molar-refractivity contribution in [3.05, 3.63) is 71.3 Å². The van der Waals surface area contributed by atoms with E-state index in [1.807, 2.05) is 18.2 Å². The quantitative estimate of drug-likeness (QED) is 0.869. The van der Waals surface area contributed by atoms with Gasteiger partial charge in [-0.05, 0) is 29.7 Å². The second-order valence-electron chi connectivity index (χ2n) is 6.41. The van der Waals surface area contributed by atoms with E-state index in [0.717, 1.165) is 19.2 Å². The third kappa shape index (κ3) is 4.75. The van der Waals surface area contributed by atoms with Gasteiger partial charge >= 0.3 is 6.18 Å². The summed E-state index contributed by atoms with van der Waals surface area (Å²) < 4.78 is 38.6. The molecule has 2 N–H and O–H groups in total. The van der Waals surface area contributed by atoms with Gasteiger partial charge in [-0.3, -0.25) is 4.90 Å². The molecule has 1 saturated heterocycles. The Labute approximate surface area is 152 Å². The maximum absolute atomic E-state index is 12.9. The number of alkyl halides is 3. The zero-order chi connectivity index (χ0) is 17.2. The monoisotopic (exact) mass is 370 g/mol. The average Bonchev–Trinajstić information content (AvgIpc) is 2.98. The van der Waals surface area contributed by atoms with Crippen molar-refractivity contribution in [2.75, 3.05) is 19.6 Å². The van der Waals surface area contributed by atoms with Crippen LogP contribution in [0.4, 0.5) is 13.2 Å². The lowest BCUT2D eigenvalue weighted by molar-refractivity contribution is -0.137. The van der Waals surface area contributed by atoms with Crippen LogP contribution in [0.25, 0.3) is 0 Å². The average molecular weight is 371 g/mol. The number of halogens is 4. The first-order valence-corrected chi connectivity index (χ1v) is 8.11. The first kappa shape index (κ1) is 19.8. The summed E-state index contributed by atoms with van der Waals surface area (Å²) in [6.45, 7) is 2.73. The summed E-state index contributed by atoms with van der Waals surface area (Å²) in [5.41, 5.74) is 7.27. The summed E-state index contributed by atoms with van der Waals surface area (Å²) in [7, 11) is 0. The van der Waals surface area contributed by atoms with E-state index in [9.17, 15) is 13.2 Å². The molecular weight excluding hydrogens is 349 g/mol. The summed E-state index contributed by atoms with van der Waals surface area (Å²) in [6.07, 6.45) is -4.30. The molecule has 2 atom stereocenters. The Bertz CT molecular complexity index is 676. The molecule has 25 heavy (non-hydrogen) atoms. The van der Waals surface area contributed by atoms with Gasteiger partial charge in [0.15, 0.2) is 0 Å². The minimum atomic E-state index is -4.30. The van der Waals surface area contributed by atoms with Crippen molar-refractivity contribution in [2.45, 2.75) is 18.6 Å². The molecule has 0 aromatic heterocycles. The number of hydrogen-bond acceptors (Lipinski definition) is 2. The molecule has 1 fully saturated rings. The van der Waals surface area contributed by atoms with E-state index in [1.165, 1.54) is 17.7 Å². The summed E-state index contributed by atoms with van der Waals surface area (Å²) in [5.74, 6) is 0.667. The van der Waals surface area contributed by atoms with Gasteiger partial charge in [0.05, 0.1) is 5.56 Å². The molecule has 1 heterocycles. The highest BCUT2D eigenvalue weighted by Gasteiger charge is 2.33. The zero-order valence-corrected chi connectivity index (χ0v) is 14.6. The lowest BCUT2D eigenvalue weighted by Crippen LogP contribution is -2.23. The first-order chi connectivity index (χ1) is 11.5. The number of nitrogens with two attached hydrogens (primary N) is 1. The maximum atomic E-state index is 12.9. The normalized spacial score (nSPS) is 21.1. The van der Waals surface area contributed by atoms with Crippen molar-refractivity contribution < 1.29 is 13.2 Å². The Morgan fingerprint density at radius 1 is 1.00 bits per heavy atom. The molecule has 0 aliphatic carbocycles. The molecule has 0 amide bonds. The van der Waals surface area contributed by atoms with E-state index >= 15 is 0 Å². The van der Waals surface area contributed by atoms with Crippen LogP contribution < -0.4 is 5.73 Å². The molecule has 0 radical (unpaired) electrons. The molecule has 6 heteroatoms. The fourth-order valence-corrected chi connectivity index (χ4v) is 3.51. The topological polar surface area (TPSA) is 29.3 Å². The zero-order valence-electron chi connectivity index (χ0n) is 13.7. The maximum Gasteiger partial charge on any atom is 0.416 e. The SMILES string of the molecule is Cl.NC[C@@H]1CN(Cc2cccc(C(F)(F)F)c2)C[C@H]1c1ccccc1. The van der Waals surface area contributed by atoms with E-state index in [1.54, 1.807) is 6.07 Å². The minimum Gasteiger partial charge on any atom is -0.330 e. The highest BCUT2D eigenvalue weighted by atomic mass is 35.5. The van der Waals surface area contributed by atoms with Gasteiger partial charge in [0.25, 0.3) is 0 Å². The van der Waals surface area contributed by atoms with Crippen LogP contribution >= 0.6 is 12.4 Å².